The fraction of sp³-hybridized carbons (Fsp3) is 0.333. The van der Waals surface area contributed by atoms with Crippen LogP contribution in [0.15, 0.2) is 16.5 Å². The van der Waals surface area contributed by atoms with Crippen LogP contribution in [0.4, 0.5) is 22.6 Å². The van der Waals surface area contributed by atoms with Crippen LogP contribution in [0.2, 0.25) is 5.02 Å². The molecule has 3 aromatic heterocycles. The summed E-state index contributed by atoms with van der Waals surface area (Å²) in [5, 5.41) is 5.02. The van der Waals surface area contributed by atoms with E-state index in [2.05, 4.69) is 10.4 Å². The first-order chi connectivity index (χ1) is 17.0. The number of nitrogens with two attached hydrogens (primary N) is 1. The number of aromatic nitrogens is 2. The molecule has 194 valence electrons. The van der Waals surface area contributed by atoms with E-state index in [-0.39, 0.29) is 39.1 Å². The average Bonchev–Trinajstić information content (AvgIpc) is 3.48. The Kier molecular flexibility index (Phi) is 8.40. The number of furan rings is 1. The summed E-state index contributed by atoms with van der Waals surface area (Å²) in [5.41, 5.74) is 3.61. The van der Waals surface area contributed by atoms with Gasteiger partial charge in [0.1, 0.15) is 22.1 Å². The third-order valence-electron chi connectivity index (χ3n) is 4.80. The summed E-state index contributed by atoms with van der Waals surface area (Å²) in [5.74, 6) is -2.78. The molecule has 36 heavy (non-hydrogen) atoms. The van der Waals surface area contributed by atoms with Gasteiger partial charge in [0.05, 0.1) is 28.6 Å². The maximum Gasteiger partial charge on any atom is 0.341 e. The van der Waals surface area contributed by atoms with Gasteiger partial charge in [-0.05, 0) is 31.0 Å². The number of carbonyl (C=O) groups is 3. The molecule has 0 aliphatic rings. The van der Waals surface area contributed by atoms with Gasteiger partial charge in [0.15, 0.2) is 5.76 Å². The van der Waals surface area contributed by atoms with Crippen LogP contribution in [0.5, 0.6) is 0 Å². The highest BCUT2D eigenvalue weighted by Crippen LogP contribution is 2.36. The molecule has 9 nitrogen and oxygen atoms in total. The zero-order chi connectivity index (χ0) is 26.7. The van der Waals surface area contributed by atoms with Crippen LogP contribution in [-0.4, -0.2) is 34.2 Å². The Morgan fingerprint density at radius 2 is 1.94 bits per heavy atom. The van der Waals surface area contributed by atoms with Crippen molar-refractivity contribution >= 4 is 45.7 Å². The molecule has 0 spiro atoms. The van der Waals surface area contributed by atoms with Gasteiger partial charge in [0, 0.05) is 0 Å². The molecule has 0 radical (unpaired) electrons. The largest absolute Gasteiger partial charge is 0.462 e. The number of amides is 2. The minimum Gasteiger partial charge on any atom is -0.462 e. The number of ether oxygens (including phenoxy) is 1. The number of anilines is 1. The number of thiophene rings is 1. The maximum atomic E-state index is 13.4. The number of halogens is 5. The zero-order valence-electron chi connectivity index (χ0n) is 18.7. The molecule has 0 saturated heterocycles. The van der Waals surface area contributed by atoms with Crippen molar-refractivity contribution in [1.82, 2.24) is 9.78 Å². The Morgan fingerprint density at radius 1 is 1.25 bits per heavy atom. The van der Waals surface area contributed by atoms with Crippen molar-refractivity contribution in [3.8, 4) is 0 Å². The summed E-state index contributed by atoms with van der Waals surface area (Å²) in [6, 6.07) is 2.46. The minimum atomic E-state index is -3.19. The van der Waals surface area contributed by atoms with Crippen LogP contribution >= 0.6 is 22.9 Å². The minimum absolute atomic E-state index is 0.00854. The van der Waals surface area contributed by atoms with Crippen LogP contribution in [-0.2, 0) is 11.3 Å². The highest BCUT2D eigenvalue weighted by molar-refractivity contribution is 7.18. The molecular formula is C21H19ClF4N4O5S. The molecule has 0 aromatic carbocycles. The highest BCUT2D eigenvalue weighted by atomic mass is 35.5. The van der Waals surface area contributed by atoms with Crippen LogP contribution in [0.3, 0.4) is 0 Å². The smallest absolute Gasteiger partial charge is 0.341 e. The number of nitrogens with zero attached hydrogens (tertiary/aromatic N) is 2. The summed E-state index contributed by atoms with van der Waals surface area (Å²) >= 11 is 6.40. The van der Waals surface area contributed by atoms with E-state index in [1.54, 1.807) is 6.92 Å². The molecule has 3 N–H and O–H groups in total. The van der Waals surface area contributed by atoms with E-state index in [4.69, 9.17) is 26.5 Å². The van der Waals surface area contributed by atoms with Gasteiger partial charge in [-0.15, -0.1) is 11.3 Å². The number of nitrogens with one attached hydrogen (secondary N) is 1. The first-order valence-electron chi connectivity index (χ1n) is 10.3. The van der Waals surface area contributed by atoms with Crippen molar-refractivity contribution in [1.29, 1.82) is 0 Å². The molecule has 0 atom stereocenters. The molecule has 3 aromatic rings. The van der Waals surface area contributed by atoms with Gasteiger partial charge in [0.2, 0.25) is 0 Å². The van der Waals surface area contributed by atoms with E-state index in [0.29, 0.717) is 11.1 Å². The standard InChI is InChI=1S/C21H19ClF4N4O5S/c1-3-6-34-21(33)11-8(2)15(18(27)31)36-20(11)28-19(32)10-5-4-9(35-10)7-30-14(17(25)26)12(22)13(29-30)16(23)24/h4-5,16-17H,3,6-7H2,1-2H3,(H2,27,31)(H,28,32). The molecule has 0 unspecified atom stereocenters. The fourth-order valence-corrected chi connectivity index (χ4v) is 4.53. The number of rotatable bonds is 10. The quantitative estimate of drug-likeness (QED) is 0.259. The van der Waals surface area contributed by atoms with Crippen LogP contribution in [0.1, 0.15) is 79.5 Å². The van der Waals surface area contributed by atoms with Gasteiger partial charge in [-0.25, -0.2) is 22.4 Å². The van der Waals surface area contributed by atoms with E-state index in [9.17, 15) is 31.9 Å². The maximum absolute atomic E-state index is 13.4. The zero-order valence-corrected chi connectivity index (χ0v) is 20.3. The summed E-state index contributed by atoms with van der Waals surface area (Å²) in [6.45, 7) is 2.86. The normalized spacial score (nSPS) is 11.4. The summed E-state index contributed by atoms with van der Waals surface area (Å²) in [4.78, 5) is 37.0. The predicted molar refractivity (Wildman–Crippen MR) is 121 cm³/mol. The van der Waals surface area contributed by atoms with Crippen molar-refractivity contribution < 1.29 is 41.1 Å². The molecule has 3 heterocycles. The van der Waals surface area contributed by atoms with Crippen molar-refractivity contribution in [3.63, 3.8) is 0 Å². The molecule has 0 aliphatic heterocycles. The summed E-state index contributed by atoms with van der Waals surface area (Å²) in [6.07, 6.45) is -5.82. The van der Waals surface area contributed by atoms with Crippen LogP contribution < -0.4 is 11.1 Å². The van der Waals surface area contributed by atoms with Crippen molar-refractivity contribution in [3.05, 3.63) is 56.1 Å². The van der Waals surface area contributed by atoms with Gasteiger partial charge in [-0.3, -0.25) is 14.3 Å². The molecule has 15 heteroatoms. The van der Waals surface area contributed by atoms with Crippen molar-refractivity contribution in [2.24, 2.45) is 5.73 Å². The molecule has 0 fully saturated rings. The van der Waals surface area contributed by atoms with E-state index in [0.717, 1.165) is 11.3 Å². The molecule has 3 rings (SSSR count). The third kappa shape index (κ3) is 5.54. The average molecular weight is 551 g/mol. The SMILES string of the molecule is CCCOC(=O)c1c(NC(=O)c2ccc(Cn3nc(C(F)F)c(Cl)c3C(F)F)o2)sc(C(N)=O)c1C. The second-order valence-corrected chi connectivity index (χ2v) is 8.72. The van der Waals surface area contributed by atoms with E-state index in [1.807, 2.05) is 0 Å². The lowest BCUT2D eigenvalue weighted by Crippen LogP contribution is -2.15. The van der Waals surface area contributed by atoms with Gasteiger partial charge in [0.25, 0.3) is 24.7 Å². The van der Waals surface area contributed by atoms with Gasteiger partial charge in [-0.2, -0.15) is 5.10 Å². The van der Waals surface area contributed by atoms with Crippen LogP contribution in [0.25, 0.3) is 0 Å². The Morgan fingerprint density at radius 3 is 2.53 bits per heavy atom. The second kappa shape index (κ2) is 11.1. The lowest BCUT2D eigenvalue weighted by molar-refractivity contribution is 0.0506. The Balaban J connectivity index is 1.86. The summed E-state index contributed by atoms with van der Waals surface area (Å²) in [7, 11) is 0. The van der Waals surface area contributed by atoms with E-state index in [1.165, 1.54) is 19.1 Å². The molecular weight excluding hydrogens is 532 g/mol. The lowest BCUT2D eigenvalue weighted by atomic mass is 10.1. The van der Waals surface area contributed by atoms with E-state index >= 15 is 0 Å². The Bertz CT molecular complexity index is 1300. The predicted octanol–water partition coefficient (Wildman–Crippen LogP) is 5.34. The number of carbonyl (C=O) groups excluding carboxylic acids is 3. The highest BCUT2D eigenvalue weighted by Gasteiger charge is 2.29. The molecule has 0 bridgehead atoms. The van der Waals surface area contributed by atoms with Gasteiger partial charge < -0.3 is 20.2 Å². The number of esters is 1. The topological polar surface area (TPSA) is 129 Å². The second-order valence-electron chi connectivity index (χ2n) is 7.32. The Hall–Kier alpha value is -3.39. The first-order valence-corrected chi connectivity index (χ1v) is 11.5. The summed E-state index contributed by atoms with van der Waals surface area (Å²) < 4.78 is 63.8. The van der Waals surface area contributed by atoms with E-state index < -0.39 is 53.6 Å². The number of hydrogen-bond acceptors (Lipinski definition) is 7. The third-order valence-corrected chi connectivity index (χ3v) is 6.41. The lowest BCUT2D eigenvalue weighted by Gasteiger charge is -2.07. The number of hydrogen-bond donors (Lipinski definition) is 2. The molecule has 2 amide bonds. The van der Waals surface area contributed by atoms with Crippen molar-refractivity contribution in [2.45, 2.75) is 39.7 Å². The van der Waals surface area contributed by atoms with Crippen molar-refractivity contribution in [2.75, 3.05) is 11.9 Å². The molecule has 0 saturated carbocycles. The Labute approximate surface area is 210 Å². The van der Waals surface area contributed by atoms with Gasteiger partial charge in [-0.1, -0.05) is 18.5 Å². The number of alkyl halides is 4. The molecule has 0 aliphatic carbocycles. The van der Waals surface area contributed by atoms with Crippen LogP contribution in [0, 0.1) is 6.92 Å². The fourth-order valence-electron chi connectivity index (χ4n) is 3.19. The van der Waals surface area contributed by atoms with Gasteiger partial charge >= 0.3 is 5.97 Å². The number of primary amides is 1. The first kappa shape index (κ1) is 27.2. The monoisotopic (exact) mass is 550 g/mol.